The van der Waals surface area contributed by atoms with Gasteiger partial charge in [-0.05, 0) is 43.2 Å². The van der Waals surface area contributed by atoms with Gasteiger partial charge in [-0.2, -0.15) is 0 Å². The number of nitrogens with zero attached hydrogens (tertiary/aromatic N) is 1. The first kappa shape index (κ1) is 14.8. The molecule has 21 heavy (non-hydrogen) atoms. The van der Waals surface area contributed by atoms with E-state index in [1.54, 1.807) is 12.1 Å². The van der Waals surface area contributed by atoms with Crippen molar-refractivity contribution in [2.45, 2.75) is 26.4 Å². The highest BCUT2D eigenvalue weighted by molar-refractivity contribution is 5.94. The molecule has 1 aromatic carbocycles. The third-order valence-electron chi connectivity index (χ3n) is 2.98. The molecule has 0 aliphatic heterocycles. The molecule has 0 bridgehead atoms. The average molecular weight is 285 g/mol. The van der Waals surface area contributed by atoms with Crippen LogP contribution in [0.15, 0.2) is 42.6 Å². The monoisotopic (exact) mass is 285 g/mol. The van der Waals surface area contributed by atoms with Crippen LogP contribution in [0.5, 0.6) is 5.75 Å². The van der Waals surface area contributed by atoms with Gasteiger partial charge < -0.3 is 15.8 Å². The Balaban J connectivity index is 2.03. The highest BCUT2D eigenvalue weighted by Crippen LogP contribution is 2.16. The fourth-order valence-corrected chi connectivity index (χ4v) is 1.88. The third-order valence-corrected chi connectivity index (χ3v) is 2.98. The number of hydrogen-bond acceptors (Lipinski definition) is 4. The van der Waals surface area contributed by atoms with E-state index in [1.165, 1.54) is 6.20 Å². The molecule has 0 aliphatic rings. The summed E-state index contributed by atoms with van der Waals surface area (Å²) in [5.74, 6) is 0.897. The predicted molar refractivity (Wildman–Crippen MR) is 83.2 cm³/mol. The number of nitrogens with two attached hydrogens (primary N) is 1. The van der Waals surface area contributed by atoms with Crippen molar-refractivity contribution in [1.29, 1.82) is 0 Å². The van der Waals surface area contributed by atoms with Crippen LogP contribution in [0.2, 0.25) is 0 Å². The number of carbonyl (C=O) groups is 1. The zero-order valence-electron chi connectivity index (χ0n) is 12.2. The van der Waals surface area contributed by atoms with Crippen molar-refractivity contribution >= 4 is 17.4 Å². The zero-order chi connectivity index (χ0) is 15.2. The van der Waals surface area contributed by atoms with E-state index in [-0.39, 0.29) is 5.91 Å². The molecule has 0 saturated carbocycles. The number of aryl methyl sites for hydroxylation is 1. The first-order valence-corrected chi connectivity index (χ1v) is 6.84. The Kier molecular flexibility index (Phi) is 4.77. The maximum atomic E-state index is 12.2. The van der Waals surface area contributed by atoms with Crippen LogP contribution < -0.4 is 15.8 Å². The van der Waals surface area contributed by atoms with E-state index < -0.39 is 6.10 Å². The molecule has 2 aromatic rings. The topological polar surface area (TPSA) is 77.2 Å². The highest BCUT2D eigenvalue weighted by atomic mass is 16.5. The minimum atomic E-state index is -0.552. The van der Waals surface area contributed by atoms with Gasteiger partial charge in [0.2, 0.25) is 0 Å². The van der Waals surface area contributed by atoms with E-state index in [4.69, 9.17) is 10.5 Å². The van der Waals surface area contributed by atoms with Crippen molar-refractivity contribution < 1.29 is 9.53 Å². The fourth-order valence-electron chi connectivity index (χ4n) is 1.88. The van der Waals surface area contributed by atoms with Gasteiger partial charge >= 0.3 is 0 Å². The average Bonchev–Trinajstić information content (AvgIpc) is 2.47. The van der Waals surface area contributed by atoms with Crippen LogP contribution in [-0.2, 0) is 4.79 Å². The van der Waals surface area contributed by atoms with E-state index in [2.05, 4.69) is 10.3 Å². The van der Waals surface area contributed by atoms with Gasteiger partial charge in [-0.1, -0.05) is 19.1 Å². The first-order valence-electron chi connectivity index (χ1n) is 6.84. The van der Waals surface area contributed by atoms with Crippen LogP contribution in [0, 0.1) is 6.92 Å². The Morgan fingerprint density at radius 1 is 1.38 bits per heavy atom. The molecule has 110 valence electrons. The Hall–Kier alpha value is -2.56. The predicted octanol–water partition coefficient (Wildman–Crippen LogP) is 2.77. The summed E-state index contributed by atoms with van der Waals surface area (Å²) in [5, 5.41) is 2.77. The Morgan fingerprint density at radius 3 is 2.81 bits per heavy atom. The second-order valence-corrected chi connectivity index (χ2v) is 4.79. The molecule has 1 heterocycles. The van der Waals surface area contributed by atoms with Gasteiger partial charge in [-0.15, -0.1) is 0 Å². The molecule has 3 N–H and O–H groups in total. The van der Waals surface area contributed by atoms with E-state index in [0.717, 1.165) is 5.56 Å². The number of ether oxygens (including phenoxy) is 1. The molecule has 0 radical (unpaired) electrons. The van der Waals surface area contributed by atoms with Gasteiger partial charge in [0.05, 0.1) is 11.9 Å². The fraction of sp³-hybridized carbons (Fsp3) is 0.250. The van der Waals surface area contributed by atoms with Gasteiger partial charge in [0.15, 0.2) is 6.10 Å². The van der Waals surface area contributed by atoms with Crippen molar-refractivity contribution in [2.24, 2.45) is 0 Å². The van der Waals surface area contributed by atoms with Crippen LogP contribution in [0.1, 0.15) is 18.9 Å². The molecule has 5 heteroatoms. The molecule has 2 rings (SSSR count). The summed E-state index contributed by atoms with van der Waals surface area (Å²) in [6.45, 7) is 3.88. The maximum Gasteiger partial charge on any atom is 0.265 e. The molecular weight excluding hydrogens is 266 g/mol. The summed E-state index contributed by atoms with van der Waals surface area (Å²) in [6, 6.07) is 11.0. The SMILES string of the molecule is CCC(Oc1cccc(C)c1)C(=O)Nc1ccc(N)nc1. The molecule has 1 aromatic heterocycles. The van der Waals surface area contributed by atoms with Crippen molar-refractivity contribution in [3.63, 3.8) is 0 Å². The second kappa shape index (κ2) is 6.74. The Labute approximate surface area is 124 Å². The normalized spacial score (nSPS) is 11.7. The van der Waals surface area contributed by atoms with Gasteiger partial charge in [0.1, 0.15) is 11.6 Å². The van der Waals surface area contributed by atoms with Crippen molar-refractivity contribution in [3.8, 4) is 5.75 Å². The minimum Gasteiger partial charge on any atom is -0.481 e. The summed E-state index contributed by atoms with van der Waals surface area (Å²) in [5.41, 5.74) is 7.20. The van der Waals surface area contributed by atoms with Crippen LogP contribution in [0.4, 0.5) is 11.5 Å². The number of pyridine rings is 1. The quantitative estimate of drug-likeness (QED) is 0.885. The number of nitrogen functional groups attached to an aromatic ring is 1. The summed E-state index contributed by atoms with van der Waals surface area (Å²) in [7, 11) is 0. The Bertz CT molecular complexity index is 611. The summed E-state index contributed by atoms with van der Waals surface area (Å²) < 4.78 is 5.75. The highest BCUT2D eigenvalue weighted by Gasteiger charge is 2.18. The summed E-state index contributed by atoms with van der Waals surface area (Å²) in [6.07, 6.45) is 1.54. The van der Waals surface area contributed by atoms with E-state index in [0.29, 0.717) is 23.7 Å². The molecule has 0 aliphatic carbocycles. The molecule has 0 spiro atoms. The number of nitrogens with one attached hydrogen (secondary N) is 1. The number of amides is 1. The number of rotatable bonds is 5. The molecule has 1 amide bonds. The summed E-state index contributed by atoms with van der Waals surface area (Å²) in [4.78, 5) is 16.2. The van der Waals surface area contributed by atoms with Gasteiger partial charge in [0.25, 0.3) is 5.91 Å². The van der Waals surface area contributed by atoms with E-state index in [1.807, 2.05) is 38.1 Å². The minimum absolute atomic E-state index is 0.203. The largest absolute Gasteiger partial charge is 0.481 e. The third kappa shape index (κ3) is 4.21. The van der Waals surface area contributed by atoms with Gasteiger partial charge in [-0.25, -0.2) is 4.98 Å². The number of aromatic nitrogens is 1. The molecular formula is C16H19N3O2. The van der Waals surface area contributed by atoms with Gasteiger partial charge in [0, 0.05) is 0 Å². The maximum absolute atomic E-state index is 12.2. The molecule has 1 unspecified atom stereocenters. The van der Waals surface area contributed by atoms with Crippen molar-refractivity contribution in [2.75, 3.05) is 11.1 Å². The standard InChI is InChI=1S/C16H19N3O2/c1-3-14(21-13-6-4-5-11(2)9-13)16(20)19-12-7-8-15(17)18-10-12/h4-10,14H,3H2,1-2H3,(H2,17,18)(H,19,20). The smallest absolute Gasteiger partial charge is 0.265 e. The lowest BCUT2D eigenvalue weighted by atomic mass is 10.2. The van der Waals surface area contributed by atoms with Crippen molar-refractivity contribution in [3.05, 3.63) is 48.2 Å². The van der Waals surface area contributed by atoms with Crippen molar-refractivity contribution in [1.82, 2.24) is 4.98 Å². The number of carbonyl (C=O) groups excluding carboxylic acids is 1. The summed E-state index contributed by atoms with van der Waals surface area (Å²) >= 11 is 0. The number of anilines is 2. The Morgan fingerprint density at radius 2 is 2.19 bits per heavy atom. The van der Waals surface area contributed by atoms with Crippen LogP contribution >= 0.6 is 0 Å². The lowest BCUT2D eigenvalue weighted by molar-refractivity contribution is -0.122. The lowest BCUT2D eigenvalue weighted by Crippen LogP contribution is -2.32. The zero-order valence-corrected chi connectivity index (χ0v) is 12.2. The molecule has 5 nitrogen and oxygen atoms in total. The van der Waals surface area contributed by atoms with E-state index >= 15 is 0 Å². The lowest BCUT2D eigenvalue weighted by Gasteiger charge is -2.17. The van der Waals surface area contributed by atoms with Gasteiger partial charge in [-0.3, -0.25) is 4.79 Å². The molecule has 0 saturated heterocycles. The second-order valence-electron chi connectivity index (χ2n) is 4.79. The number of benzene rings is 1. The molecule has 1 atom stereocenters. The van der Waals surface area contributed by atoms with Crippen LogP contribution in [0.3, 0.4) is 0 Å². The first-order chi connectivity index (χ1) is 10.1. The van der Waals surface area contributed by atoms with Crippen LogP contribution in [-0.4, -0.2) is 17.0 Å². The number of hydrogen-bond donors (Lipinski definition) is 2. The van der Waals surface area contributed by atoms with E-state index in [9.17, 15) is 4.79 Å². The molecule has 0 fully saturated rings. The van der Waals surface area contributed by atoms with Crippen LogP contribution in [0.25, 0.3) is 0 Å².